The van der Waals surface area contributed by atoms with E-state index in [1.165, 1.54) is 0 Å². The van der Waals surface area contributed by atoms with E-state index in [1.54, 1.807) is 4.90 Å². The molecule has 3 amide bonds. The zero-order valence-electron chi connectivity index (χ0n) is 10.4. The van der Waals surface area contributed by atoms with Crippen LogP contribution in [-0.4, -0.2) is 47.5 Å². The molecular weight excluding hydrogens is 238 g/mol. The molecule has 0 aromatic rings. The molecule has 102 valence electrons. The number of amides is 3. The SMILES string of the molecule is CCC1(C(=O)O)CCCN(CC(=O)NC(N)=O)C1. The molecule has 1 fully saturated rings. The van der Waals surface area contributed by atoms with Crippen LogP contribution < -0.4 is 11.1 Å². The summed E-state index contributed by atoms with van der Waals surface area (Å²) in [5.74, 6) is -1.33. The predicted octanol–water partition coefficient (Wildman–Crippen LogP) is -0.242. The van der Waals surface area contributed by atoms with Gasteiger partial charge in [0.15, 0.2) is 0 Å². The number of carbonyl (C=O) groups excluding carboxylic acids is 2. The highest BCUT2D eigenvalue weighted by Crippen LogP contribution is 2.33. The summed E-state index contributed by atoms with van der Waals surface area (Å²) in [6, 6.07) is -0.892. The fraction of sp³-hybridized carbons (Fsp3) is 0.727. The number of hydrogen-bond acceptors (Lipinski definition) is 4. The van der Waals surface area contributed by atoms with Gasteiger partial charge in [0.1, 0.15) is 0 Å². The average Bonchev–Trinajstić information content (AvgIpc) is 2.27. The van der Waals surface area contributed by atoms with Crippen LogP contribution in [0.2, 0.25) is 0 Å². The smallest absolute Gasteiger partial charge is 0.318 e. The topological polar surface area (TPSA) is 113 Å². The lowest BCUT2D eigenvalue weighted by Crippen LogP contribution is -2.51. The number of primary amides is 1. The van der Waals surface area contributed by atoms with Crippen molar-refractivity contribution in [2.24, 2.45) is 11.1 Å². The third-order valence-corrected chi connectivity index (χ3v) is 3.42. The highest BCUT2D eigenvalue weighted by molar-refractivity contribution is 5.94. The molecule has 0 bridgehead atoms. The Morgan fingerprint density at radius 1 is 1.44 bits per heavy atom. The molecule has 0 spiro atoms. The number of likely N-dealkylation sites (tertiary alicyclic amines) is 1. The third kappa shape index (κ3) is 3.43. The molecule has 1 aliphatic heterocycles. The fourth-order valence-electron chi connectivity index (χ4n) is 2.36. The lowest BCUT2D eigenvalue weighted by atomic mass is 9.77. The minimum atomic E-state index is -0.892. The van der Waals surface area contributed by atoms with Crippen LogP contribution in [0.25, 0.3) is 0 Å². The van der Waals surface area contributed by atoms with Gasteiger partial charge in [-0.1, -0.05) is 6.92 Å². The number of nitrogens with zero attached hydrogens (tertiary/aromatic N) is 1. The first kappa shape index (κ1) is 14.4. The first-order valence-electron chi connectivity index (χ1n) is 5.94. The Balaban J connectivity index is 2.61. The number of aliphatic carboxylic acids is 1. The van der Waals surface area contributed by atoms with Crippen molar-refractivity contribution in [1.82, 2.24) is 10.2 Å². The van der Waals surface area contributed by atoms with Gasteiger partial charge in [0, 0.05) is 6.54 Å². The molecule has 1 rings (SSSR count). The van der Waals surface area contributed by atoms with Crippen molar-refractivity contribution in [1.29, 1.82) is 0 Å². The zero-order valence-corrected chi connectivity index (χ0v) is 10.4. The molecule has 4 N–H and O–H groups in total. The van der Waals surface area contributed by atoms with Crippen LogP contribution in [0.1, 0.15) is 26.2 Å². The Kier molecular flexibility index (Phi) is 4.66. The van der Waals surface area contributed by atoms with Crippen LogP contribution in [0.5, 0.6) is 0 Å². The highest BCUT2D eigenvalue weighted by Gasteiger charge is 2.41. The van der Waals surface area contributed by atoms with Gasteiger partial charge in [-0.2, -0.15) is 0 Å². The number of carboxylic acids is 1. The predicted molar refractivity (Wildman–Crippen MR) is 63.8 cm³/mol. The average molecular weight is 257 g/mol. The van der Waals surface area contributed by atoms with E-state index in [0.29, 0.717) is 25.9 Å². The lowest BCUT2D eigenvalue weighted by Gasteiger charge is -2.38. The highest BCUT2D eigenvalue weighted by atomic mass is 16.4. The van der Waals surface area contributed by atoms with Gasteiger partial charge in [0.2, 0.25) is 5.91 Å². The molecule has 0 aliphatic carbocycles. The number of carboxylic acid groups (broad SMARTS) is 1. The molecule has 1 heterocycles. The van der Waals surface area contributed by atoms with Gasteiger partial charge in [0.25, 0.3) is 0 Å². The molecule has 1 unspecified atom stereocenters. The van der Waals surface area contributed by atoms with E-state index in [2.05, 4.69) is 0 Å². The van der Waals surface area contributed by atoms with Crippen molar-refractivity contribution in [2.75, 3.05) is 19.6 Å². The van der Waals surface area contributed by atoms with Gasteiger partial charge < -0.3 is 10.8 Å². The molecule has 0 aromatic heterocycles. The Morgan fingerprint density at radius 3 is 2.61 bits per heavy atom. The van der Waals surface area contributed by atoms with Crippen molar-refractivity contribution < 1.29 is 19.5 Å². The maximum atomic E-state index is 11.4. The first-order valence-corrected chi connectivity index (χ1v) is 5.94. The van der Waals surface area contributed by atoms with Crippen LogP contribution in [0.15, 0.2) is 0 Å². The Bertz CT molecular complexity index is 358. The summed E-state index contributed by atoms with van der Waals surface area (Å²) in [4.78, 5) is 35.0. The van der Waals surface area contributed by atoms with Crippen LogP contribution in [0.4, 0.5) is 4.79 Å². The number of rotatable bonds is 4. The number of nitrogens with one attached hydrogen (secondary N) is 1. The van der Waals surface area contributed by atoms with Gasteiger partial charge in [-0.15, -0.1) is 0 Å². The van der Waals surface area contributed by atoms with E-state index >= 15 is 0 Å². The van der Waals surface area contributed by atoms with Gasteiger partial charge in [-0.25, -0.2) is 4.79 Å². The number of hydrogen-bond donors (Lipinski definition) is 3. The van der Waals surface area contributed by atoms with Crippen molar-refractivity contribution >= 4 is 17.9 Å². The van der Waals surface area contributed by atoms with Gasteiger partial charge >= 0.3 is 12.0 Å². The van der Waals surface area contributed by atoms with E-state index in [1.807, 2.05) is 12.2 Å². The molecule has 0 saturated carbocycles. The normalized spacial score (nSPS) is 24.5. The van der Waals surface area contributed by atoms with Crippen LogP contribution in [0.3, 0.4) is 0 Å². The van der Waals surface area contributed by atoms with E-state index in [-0.39, 0.29) is 6.54 Å². The summed E-state index contributed by atoms with van der Waals surface area (Å²) in [6.45, 7) is 2.81. The van der Waals surface area contributed by atoms with E-state index in [4.69, 9.17) is 5.73 Å². The maximum absolute atomic E-state index is 11.4. The van der Waals surface area contributed by atoms with Crippen molar-refractivity contribution in [3.8, 4) is 0 Å². The molecule has 18 heavy (non-hydrogen) atoms. The van der Waals surface area contributed by atoms with E-state index in [9.17, 15) is 19.5 Å². The molecule has 7 nitrogen and oxygen atoms in total. The molecular formula is C11H19N3O4. The number of imide groups is 1. The lowest BCUT2D eigenvalue weighted by molar-refractivity contribution is -0.153. The fourth-order valence-corrected chi connectivity index (χ4v) is 2.36. The number of nitrogens with two attached hydrogens (primary N) is 1. The number of carbonyl (C=O) groups is 3. The molecule has 1 atom stereocenters. The van der Waals surface area contributed by atoms with Crippen molar-refractivity contribution in [3.63, 3.8) is 0 Å². The van der Waals surface area contributed by atoms with Crippen molar-refractivity contribution in [3.05, 3.63) is 0 Å². The maximum Gasteiger partial charge on any atom is 0.318 e. The van der Waals surface area contributed by atoms with Crippen LogP contribution in [0, 0.1) is 5.41 Å². The molecule has 1 aliphatic rings. The standard InChI is InChI=1S/C11H19N3O4/c1-2-11(9(16)17)4-3-5-14(7-11)6-8(15)13-10(12)18/h2-7H2,1H3,(H,16,17)(H3,12,13,15,18). The second kappa shape index (κ2) is 5.81. The largest absolute Gasteiger partial charge is 0.481 e. The van der Waals surface area contributed by atoms with Gasteiger partial charge in [0.05, 0.1) is 12.0 Å². The molecule has 0 radical (unpaired) electrons. The minimum Gasteiger partial charge on any atom is -0.481 e. The summed E-state index contributed by atoms with van der Waals surface area (Å²) in [7, 11) is 0. The van der Waals surface area contributed by atoms with E-state index in [0.717, 1.165) is 6.42 Å². The van der Waals surface area contributed by atoms with Crippen molar-refractivity contribution in [2.45, 2.75) is 26.2 Å². The van der Waals surface area contributed by atoms with E-state index < -0.39 is 23.3 Å². The Labute approximate surface area is 105 Å². The molecule has 1 saturated heterocycles. The Hall–Kier alpha value is -1.63. The zero-order chi connectivity index (χ0) is 13.8. The van der Waals surface area contributed by atoms with Crippen LogP contribution in [-0.2, 0) is 9.59 Å². The monoisotopic (exact) mass is 257 g/mol. The summed E-state index contributed by atoms with van der Waals surface area (Å²) >= 11 is 0. The quantitative estimate of drug-likeness (QED) is 0.643. The second-order valence-corrected chi connectivity index (χ2v) is 4.67. The minimum absolute atomic E-state index is 0.00201. The molecule has 0 aromatic carbocycles. The summed E-state index contributed by atoms with van der Waals surface area (Å²) in [6.07, 6.45) is 1.87. The summed E-state index contributed by atoms with van der Waals surface area (Å²) in [5.41, 5.74) is 4.06. The van der Waals surface area contributed by atoms with Crippen LogP contribution >= 0.6 is 0 Å². The van der Waals surface area contributed by atoms with Gasteiger partial charge in [-0.3, -0.25) is 19.8 Å². The number of piperidine rings is 1. The Morgan fingerprint density at radius 2 is 2.11 bits per heavy atom. The summed E-state index contributed by atoms with van der Waals surface area (Å²) in [5, 5.41) is 11.3. The molecule has 7 heteroatoms. The first-order chi connectivity index (χ1) is 8.39. The number of urea groups is 1. The third-order valence-electron chi connectivity index (χ3n) is 3.42. The van der Waals surface area contributed by atoms with Gasteiger partial charge in [-0.05, 0) is 25.8 Å². The second-order valence-electron chi connectivity index (χ2n) is 4.67. The summed E-state index contributed by atoms with van der Waals surface area (Å²) < 4.78 is 0.